The first-order valence-electron chi connectivity index (χ1n) is 6.74. The largest absolute Gasteiger partial charge is 0.341 e. The minimum atomic E-state index is 0.0427. The molecule has 104 valence electrons. The van der Waals surface area contributed by atoms with Crippen LogP contribution < -0.4 is 0 Å². The van der Waals surface area contributed by atoms with Gasteiger partial charge >= 0.3 is 0 Å². The van der Waals surface area contributed by atoms with E-state index in [-0.39, 0.29) is 5.91 Å². The van der Waals surface area contributed by atoms with E-state index in [0.717, 1.165) is 31.0 Å². The van der Waals surface area contributed by atoms with Crippen molar-refractivity contribution >= 4 is 17.5 Å². The number of carbonyl (C=O) groups is 1. The summed E-state index contributed by atoms with van der Waals surface area (Å²) in [5.74, 6) is 0.559. The number of nitrogens with one attached hydrogen (secondary N) is 1. The van der Waals surface area contributed by atoms with Crippen molar-refractivity contribution in [2.24, 2.45) is 5.92 Å². The molecule has 1 fully saturated rings. The summed E-state index contributed by atoms with van der Waals surface area (Å²) in [6, 6.07) is 7.95. The van der Waals surface area contributed by atoms with Crippen LogP contribution in [0, 0.1) is 5.92 Å². The summed E-state index contributed by atoms with van der Waals surface area (Å²) < 4.78 is 0. The normalized spacial score (nSPS) is 18.4. The number of aromatic amines is 1. The first kappa shape index (κ1) is 13.2. The van der Waals surface area contributed by atoms with Gasteiger partial charge in [-0.1, -0.05) is 23.7 Å². The van der Waals surface area contributed by atoms with Gasteiger partial charge in [0.25, 0.3) is 5.91 Å². The Morgan fingerprint density at radius 2 is 2.20 bits per heavy atom. The topological polar surface area (TPSA) is 49.0 Å². The van der Waals surface area contributed by atoms with Gasteiger partial charge in [0, 0.05) is 18.1 Å². The first-order chi connectivity index (χ1) is 9.72. The van der Waals surface area contributed by atoms with E-state index in [9.17, 15) is 4.79 Å². The summed E-state index contributed by atoms with van der Waals surface area (Å²) in [7, 11) is 0. The molecule has 1 aromatic carbocycles. The summed E-state index contributed by atoms with van der Waals surface area (Å²) in [5.41, 5.74) is 1.84. The Bertz CT molecular complexity index is 580. The third kappa shape index (κ3) is 2.85. The third-order valence-electron chi connectivity index (χ3n) is 3.74. The molecule has 0 saturated carbocycles. The maximum Gasteiger partial charge on any atom is 0.271 e. The quantitative estimate of drug-likeness (QED) is 0.944. The van der Waals surface area contributed by atoms with Crippen LogP contribution in [0.4, 0.5) is 0 Å². The van der Waals surface area contributed by atoms with Crippen LogP contribution in [-0.2, 0) is 6.42 Å². The second-order valence-corrected chi connectivity index (χ2v) is 5.64. The lowest BCUT2D eigenvalue weighted by Gasteiger charge is -2.15. The van der Waals surface area contributed by atoms with Crippen molar-refractivity contribution < 1.29 is 4.79 Å². The summed E-state index contributed by atoms with van der Waals surface area (Å²) in [6.45, 7) is 1.62. The molecule has 2 aromatic rings. The van der Waals surface area contributed by atoms with E-state index < -0.39 is 0 Å². The smallest absolute Gasteiger partial charge is 0.271 e. The molecule has 1 unspecified atom stereocenters. The van der Waals surface area contributed by atoms with Crippen molar-refractivity contribution in [3.05, 3.63) is 53.1 Å². The number of aromatic nitrogens is 2. The van der Waals surface area contributed by atoms with Crippen LogP contribution in [0.25, 0.3) is 0 Å². The van der Waals surface area contributed by atoms with Crippen LogP contribution in [0.15, 0.2) is 36.8 Å². The highest BCUT2D eigenvalue weighted by molar-refractivity contribution is 6.30. The number of nitrogens with zero attached hydrogens (tertiary/aromatic N) is 2. The lowest BCUT2D eigenvalue weighted by Crippen LogP contribution is -2.29. The number of hydrogen-bond donors (Lipinski definition) is 1. The molecule has 1 atom stereocenters. The zero-order chi connectivity index (χ0) is 13.9. The number of carbonyl (C=O) groups excluding carboxylic acids is 1. The average molecular weight is 290 g/mol. The molecule has 5 heteroatoms. The van der Waals surface area contributed by atoms with Crippen LogP contribution in [0.2, 0.25) is 5.02 Å². The molecular formula is C15H16ClN3O. The Labute approximate surface area is 122 Å². The van der Waals surface area contributed by atoms with Crippen LogP contribution in [0.1, 0.15) is 22.5 Å². The number of likely N-dealkylation sites (tertiary alicyclic amines) is 1. The van der Waals surface area contributed by atoms with Gasteiger partial charge in [-0.05, 0) is 36.5 Å². The highest BCUT2D eigenvalue weighted by atomic mass is 35.5. The predicted molar refractivity (Wildman–Crippen MR) is 77.8 cm³/mol. The van der Waals surface area contributed by atoms with Gasteiger partial charge in [-0.25, -0.2) is 4.98 Å². The zero-order valence-corrected chi connectivity index (χ0v) is 11.8. The van der Waals surface area contributed by atoms with Crippen LogP contribution in [-0.4, -0.2) is 33.9 Å². The highest BCUT2D eigenvalue weighted by Gasteiger charge is 2.27. The van der Waals surface area contributed by atoms with Crippen molar-refractivity contribution in [2.75, 3.05) is 13.1 Å². The summed E-state index contributed by atoms with van der Waals surface area (Å²) in [6.07, 6.45) is 5.15. The maximum absolute atomic E-state index is 12.2. The van der Waals surface area contributed by atoms with E-state index in [1.807, 2.05) is 17.0 Å². The molecule has 1 saturated heterocycles. The molecule has 1 aliphatic rings. The Balaban J connectivity index is 1.59. The Kier molecular flexibility index (Phi) is 3.74. The van der Waals surface area contributed by atoms with Crippen molar-refractivity contribution in [1.82, 2.24) is 14.9 Å². The number of imidazole rings is 1. The minimum Gasteiger partial charge on any atom is -0.341 e. The van der Waals surface area contributed by atoms with Gasteiger partial charge in [-0.15, -0.1) is 0 Å². The van der Waals surface area contributed by atoms with E-state index in [1.54, 1.807) is 6.20 Å². The average Bonchev–Trinajstić information content (AvgIpc) is 3.12. The van der Waals surface area contributed by atoms with E-state index in [4.69, 9.17) is 11.6 Å². The fourth-order valence-electron chi connectivity index (χ4n) is 2.68. The first-order valence-corrected chi connectivity index (χ1v) is 7.12. The van der Waals surface area contributed by atoms with Crippen LogP contribution in [0.3, 0.4) is 0 Å². The fourth-order valence-corrected chi connectivity index (χ4v) is 2.81. The maximum atomic E-state index is 12.2. The summed E-state index contributed by atoms with van der Waals surface area (Å²) in [4.78, 5) is 20.8. The fraction of sp³-hybridized carbons (Fsp3) is 0.333. The molecule has 0 bridgehead atoms. The number of benzene rings is 1. The molecule has 0 spiro atoms. The molecule has 1 aliphatic heterocycles. The van der Waals surface area contributed by atoms with Crippen molar-refractivity contribution in [3.63, 3.8) is 0 Å². The van der Waals surface area contributed by atoms with Gasteiger partial charge in [-0.2, -0.15) is 0 Å². The highest BCUT2D eigenvalue weighted by Crippen LogP contribution is 2.22. The van der Waals surface area contributed by atoms with Crippen molar-refractivity contribution in [3.8, 4) is 0 Å². The summed E-state index contributed by atoms with van der Waals surface area (Å²) in [5, 5.41) is 0.760. The van der Waals surface area contributed by atoms with Gasteiger partial charge in [0.1, 0.15) is 5.69 Å². The number of halogens is 1. The second kappa shape index (κ2) is 5.67. The molecule has 2 heterocycles. The molecule has 0 aliphatic carbocycles. The second-order valence-electron chi connectivity index (χ2n) is 5.20. The van der Waals surface area contributed by atoms with E-state index in [1.165, 1.54) is 11.9 Å². The lowest BCUT2D eigenvalue weighted by molar-refractivity contribution is 0.0782. The third-order valence-corrected chi connectivity index (χ3v) is 3.99. The van der Waals surface area contributed by atoms with E-state index >= 15 is 0 Å². The molecule has 1 N–H and O–H groups in total. The van der Waals surface area contributed by atoms with E-state index in [2.05, 4.69) is 22.1 Å². The Hall–Kier alpha value is -1.81. The van der Waals surface area contributed by atoms with Crippen LogP contribution >= 0.6 is 11.6 Å². The Morgan fingerprint density at radius 1 is 1.40 bits per heavy atom. The minimum absolute atomic E-state index is 0.0427. The lowest BCUT2D eigenvalue weighted by atomic mass is 9.99. The molecule has 1 amide bonds. The number of amides is 1. The SMILES string of the molecule is O=C(c1cnc[nH]1)N1CCC(Cc2ccc(Cl)cc2)C1. The number of H-pyrrole nitrogens is 1. The molecule has 1 aromatic heterocycles. The molecule has 20 heavy (non-hydrogen) atoms. The van der Waals surface area contributed by atoms with E-state index in [0.29, 0.717) is 11.6 Å². The number of rotatable bonds is 3. The van der Waals surface area contributed by atoms with Crippen molar-refractivity contribution in [1.29, 1.82) is 0 Å². The monoisotopic (exact) mass is 289 g/mol. The van der Waals surface area contributed by atoms with Crippen LogP contribution in [0.5, 0.6) is 0 Å². The van der Waals surface area contributed by atoms with Gasteiger partial charge in [0.2, 0.25) is 0 Å². The summed E-state index contributed by atoms with van der Waals surface area (Å²) >= 11 is 5.89. The molecular weight excluding hydrogens is 274 g/mol. The van der Waals surface area contributed by atoms with Gasteiger partial charge in [0.05, 0.1) is 12.5 Å². The van der Waals surface area contributed by atoms with Gasteiger partial charge in [0.15, 0.2) is 0 Å². The standard InChI is InChI=1S/C15H16ClN3O/c16-13-3-1-11(2-4-13)7-12-5-6-19(9-12)15(20)14-8-17-10-18-14/h1-4,8,10,12H,5-7,9H2,(H,17,18). The van der Waals surface area contributed by atoms with Crippen molar-refractivity contribution in [2.45, 2.75) is 12.8 Å². The van der Waals surface area contributed by atoms with Gasteiger partial charge in [-0.3, -0.25) is 4.79 Å². The predicted octanol–water partition coefficient (Wildman–Crippen LogP) is 2.77. The molecule has 4 nitrogen and oxygen atoms in total. The number of hydrogen-bond acceptors (Lipinski definition) is 2. The van der Waals surface area contributed by atoms with Gasteiger partial charge < -0.3 is 9.88 Å². The Morgan fingerprint density at radius 3 is 2.90 bits per heavy atom. The molecule has 0 radical (unpaired) electrons. The molecule has 3 rings (SSSR count). The zero-order valence-electron chi connectivity index (χ0n) is 11.1.